The average molecular weight is 552 g/mol. The molecule has 0 saturated carbocycles. The van der Waals surface area contributed by atoms with E-state index in [0.717, 1.165) is 17.5 Å². The number of carbonyl (C=O) groups is 4. The van der Waals surface area contributed by atoms with Crippen molar-refractivity contribution in [2.45, 2.75) is 12.3 Å². The van der Waals surface area contributed by atoms with E-state index in [1.165, 1.54) is 18.2 Å². The second-order valence-corrected chi connectivity index (χ2v) is 9.23. The summed E-state index contributed by atoms with van der Waals surface area (Å²) in [5.74, 6) is -6.10. The van der Waals surface area contributed by atoms with E-state index in [-0.39, 0.29) is 21.7 Å². The van der Waals surface area contributed by atoms with Crippen LogP contribution in [0.5, 0.6) is 0 Å². The van der Waals surface area contributed by atoms with Crippen molar-refractivity contribution in [3.8, 4) is 0 Å². The Morgan fingerprint density at radius 3 is 2.31 bits per heavy atom. The molecule has 1 aliphatic heterocycles. The van der Waals surface area contributed by atoms with Gasteiger partial charge in [0.25, 0.3) is 5.91 Å². The highest BCUT2D eigenvalue weighted by Gasteiger charge is 2.46. The van der Waals surface area contributed by atoms with Crippen LogP contribution >= 0.6 is 11.6 Å². The monoisotopic (exact) mass is 551 g/mol. The van der Waals surface area contributed by atoms with Gasteiger partial charge in [-0.2, -0.15) is 13.2 Å². The van der Waals surface area contributed by atoms with Gasteiger partial charge in [-0.05, 0) is 41.1 Å². The second kappa shape index (κ2) is 9.99. The Morgan fingerprint density at radius 2 is 1.56 bits per heavy atom. The fraction of sp³-hybridized carbons (Fsp3) is 0.103. The first-order valence-electron chi connectivity index (χ1n) is 11.6. The maximum absolute atomic E-state index is 13.8. The van der Waals surface area contributed by atoms with E-state index in [0.29, 0.717) is 11.5 Å². The zero-order chi connectivity index (χ0) is 27.9. The Kier molecular flexibility index (Phi) is 6.69. The highest BCUT2D eigenvalue weighted by atomic mass is 35.5. The first kappa shape index (κ1) is 26.1. The number of anilines is 1. The Balaban J connectivity index is 1.54. The predicted octanol–water partition coefficient (Wildman–Crippen LogP) is 6.43. The van der Waals surface area contributed by atoms with Crippen LogP contribution < -0.4 is 5.32 Å². The van der Waals surface area contributed by atoms with Gasteiger partial charge in [-0.15, -0.1) is 0 Å². The molecule has 5 rings (SSSR count). The van der Waals surface area contributed by atoms with Gasteiger partial charge in [-0.1, -0.05) is 66.2 Å². The molecule has 0 aliphatic carbocycles. The zero-order valence-electron chi connectivity index (χ0n) is 19.8. The first-order valence-corrected chi connectivity index (χ1v) is 12.0. The molecule has 0 aromatic heterocycles. The lowest BCUT2D eigenvalue weighted by Crippen LogP contribution is -2.38. The number of hydrogen-bond acceptors (Lipinski definition) is 5. The molecule has 0 saturated heterocycles. The number of cyclic esters (lactones) is 1. The quantitative estimate of drug-likeness (QED) is 0.129. The number of benzene rings is 4. The van der Waals surface area contributed by atoms with Gasteiger partial charge in [-0.3, -0.25) is 14.4 Å². The smallest absolute Gasteiger partial charge is 0.416 e. The predicted molar refractivity (Wildman–Crippen MR) is 136 cm³/mol. The summed E-state index contributed by atoms with van der Waals surface area (Å²) in [6, 6.07) is 20.2. The summed E-state index contributed by atoms with van der Waals surface area (Å²) < 4.78 is 45.0. The molecule has 1 N–H and O–H groups in total. The lowest BCUT2D eigenvalue weighted by atomic mass is 9.84. The maximum atomic E-state index is 13.8. The molecule has 6 nitrogen and oxygen atoms in total. The van der Waals surface area contributed by atoms with Crippen LogP contribution in [0, 0.1) is 5.92 Å². The molecule has 0 radical (unpaired) electrons. The van der Waals surface area contributed by atoms with Gasteiger partial charge in [0.2, 0.25) is 5.78 Å². The number of hydrogen-bond donors (Lipinski definition) is 1. The Hall–Kier alpha value is -4.50. The topological polar surface area (TPSA) is 89.5 Å². The van der Waals surface area contributed by atoms with Crippen LogP contribution in [0.1, 0.15) is 37.9 Å². The van der Waals surface area contributed by atoms with Crippen LogP contribution in [0.25, 0.3) is 10.8 Å². The number of esters is 1. The molecule has 0 bridgehead atoms. The lowest BCUT2D eigenvalue weighted by molar-refractivity contribution is -0.138. The summed E-state index contributed by atoms with van der Waals surface area (Å²) in [5.41, 5.74) is -1.12. The van der Waals surface area contributed by atoms with Gasteiger partial charge in [-0.25, -0.2) is 4.79 Å². The standard InChI is InChI=1S/C29H17ClF3NO5/c30-21-12-11-18(29(31,32)33)14-22(21)34-27(37)25(36)23(26-19-7-3-4-8-20(19)28(38)39-26)24(35)17-10-9-15-5-1-2-6-16(15)13-17/h1-14,23,26H,(H,34,37)/t23-,26+/m0/s1. The SMILES string of the molecule is O=C(Nc1cc(C(F)(F)F)ccc1Cl)C(=O)[C@H](C(=O)c1ccc2ccccc2c1)[C@@H]1OC(=O)c2ccccc21. The van der Waals surface area contributed by atoms with Crippen molar-refractivity contribution in [2.75, 3.05) is 5.32 Å². The van der Waals surface area contributed by atoms with Crippen LogP contribution in [0.2, 0.25) is 5.02 Å². The highest BCUT2D eigenvalue weighted by molar-refractivity contribution is 6.46. The van der Waals surface area contributed by atoms with Crippen LogP contribution in [-0.2, 0) is 20.5 Å². The number of ketones is 2. The third-order valence-electron chi connectivity index (χ3n) is 6.39. The number of Topliss-reactive ketones (excluding diaryl/α,β-unsaturated/α-hetero) is 2. The fourth-order valence-electron chi connectivity index (χ4n) is 4.46. The Bertz CT molecular complexity index is 1670. The van der Waals surface area contributed by atoms with E-state index in [4.69, 9.17) is 16.3 Å². The normalized spacial score (nSPS) is 15.4. The van der Waals surface area contributed by atoms with Gasteiger partial charge in [0, 0.05) is 11.1 Å². The summed E-state index contributed by atoms with van der Waals surface area (Å²) in [4.78, 5) is 52.9. The van der Waals surface area contributed by atoms with Crippen molar-refractivity contribution in [3.63, 3.8) is 0 Å². The molecule has 39 heavy (non-hydrogen) atoms. The van der Waals surface area contributed by atoms with Crippen molar-refractivity contribution in [1.29, 1.82) is 0 Å². The molecule has 1 aliphatic rings. The zero-order valence-corrected chi connectivity index (χ0v) is 20.5. The molecule has 0 fully saturated rings. The van der Waals surface area contributed by atoms with Crippen LogP contribution in [0.15, 0.2) is 84.9 Å². The van der Waals surface area contributed by atoms with Gasteiger partial charge in [0.05, 0.1) is 21.8 Å². The molecule has 4 aromatic carbocycles. The summed E-state index contributed by atoms with van der Waals surface area (Å²) >= 11 is 5.97. The molecule has 0 spiro atoms. The van der Waals surface area contributed by atoms with Crippen molar-refractivity contribution in [3.05, 3.63) is 112 Å². The highest BCUT2D eigenvalue weighted by Crippen LogP contribution is 2.39. The van der Waals surface area contributed by atoms with Gasteiger partial charge >= 0.3 is 12.1 Å². The summed E-state index contributed by atoms with van der Waals surface area (Å²) in [7, 11) is 0. The number of nitrogens with one attached hydrogen (secondary N) is 1. The van der Waals surface area contributed by atoms with Crippen LogP contribution in [0.4, 0.5) is 18.9 Å². The number of fused-ring (bicyclic) bond motifs is 2. The number of amides is 1. The number of ether oxygens (including phenoxy) is 1. The largest absolute Gasteiger partial charge is 0.453 e. The molecule has 0 unspecified atom stereocenters. The van der Waals surface area contributed by atoms with E-state index >= 15 is 0 Å². The van der Waals surface area contributed by atoms with E-state index in [2.05, 4.69) is 5.32 Å². The molecule has 1 heterocycles. The summed E-state index contributed by atoms with van der Waals surface area (Å²) in [5, 5.41) is 3.35. The molecular weight excluding hydrogens is 535 g/mol. The Morgan fingerprint density at radius 1 is 0.872 bits per heavy atom. The van der Waals surface area contributed by atoms with Gasteiger partial charge in [0.15, 0.2) is 5.78 Å². The maximum Gasteiger partial charge on any atom is 0.416 e. The van der Waals surface area contributed by atoms with Crippen molar-refractivity contribution in [2.24, 2.45) is 5.92 Å². The van der Waals surface area contributed by atoms with Gasteiger partial charge < -0.3 is 10.1 Å². The Labute approximate surface area is 224 Å². The fourth-order valence-corrected chi connectivity index (χ4v) is 4.62. The van der Waals surface area contributed by atoms with E-state index in [1.807, 2.05) is 12.1 Å². The number of alkyl halides is 3. The minimum atomic E-state index is -4.73. The van der Waals surface area contributed by atoms with Crippen molar-refractivity contribution < 1.29 is 37.1 Å². The van der Waals surface area contributed by atoms with E-state index in [9.17, 15) is 32.3 Å². The summed E-state index contributed by atoms with van der Waals surface area (Å²) in [6.07, 6.45) is -6.16. The molecule has 4 aromatic rings. The molecule has 196 valence electrons. The molecule has 2 atom stereocenters. The lowest BCUT2D eigenvalue weighted by Gasteiger charge is -2.21. The third-order valence-corrected chi connectivity index (χ3v) is 6.72. The molecular formula is C29H17ClF3NO5. The van der Waals surface area contributed by atoms with E-state index in [1.54, 1.807) is 36.4 Å². The average Bonchev–Trinajstić information content (AvgIpc) is 3.24. The van der Waals surface area contributed by atoms with Crippen LogP contribution in [-0.4, -0.2) is 23.4 Å². The van der Waals surface area contributed by atoms with Crippen LogP contribution in [0.3, 0.4) is 0 Å². The first-order chi connectivity index (χ1) is 18.5. The third kappa shape index (κ3) is 5.00. The molecule has 1 amide bonds. The number of carbonyl (C=O) groups excluding carboxylic acids is 4. The van der Waals surface area contributed by atoms with Crippen molar-refractivity contribution in [1.82, 2.24) is 0 Å². The molecule has 10 heteroatoms. The van der Waals surface area contributed by atoms with Crippen molar-refractivity contribution >= 4 is 51.5 Å². The summed E-state index contributed by atoms with van der Waals surface area (Å²) in [6.45, 7) is 0. The van der Waals surface area contributed by atoms with Gasteiger partial charge in [0.1, 0.15) is 12.0 Å². The number of rotatable bonds is 6. The minimum Gasteiger partial charge on any atom is -0.453 e. The van der Waals surface area contributed by atoms with E-state index < -0.39 is 52.9 Å². The second-order valence-electron chi connectivity index (χ2n) is 8.83. The minimum absolute atomic E-state index is 0.0809. The number of halogens is 4.